The summed E-state index contributed by atoms with van der Waals surface area (Å²) in [6.45, 7) is 2.39. The first kappa shape index (κ1) is 14.4. The van der Waals surface area contributed by atoms with Gasteiger partial charge in [-0.05, 0) is 19.8 Å². The number of carbonyl (C=O) groups is 3. The second-order valence-corrected chi connectivity index (χ2v) is 3.97. The molecule has 18 heavy (non-hydrogen) atoms. The van der Waals surface area contributed by atoms with E-state index in [1.807, 2.05) is 0 Å². The first-order chi connectivity index (χ1) is 8.54. The Hall–Kier alpha value is -1.63. The maximum absolute atomic E-state index is 11.7. The molecule has 0 aromatic carbocycles. The average molecular weight is 258 g/mol. The van der Waals surface area contributed by atoms with Crippen LogP contribution in [0.25, 0.3) is 0 Å². The number of nitrogens with two attached hydrogens (primary N) is 1. The lowest BCUT2D eigenvalue weighted by atomic mass is 10.1. The fourth-order valence-electron chi connectivity index (χ4n) is 1.66. The van der Waals surface area contributed by atoms with Crippen molar-refractivity contribution < 1.29 is 23.9 Å². The van der Waals surface area contributed by atoms with E-state index in [0.717, 1.165) is 6.42 Å². The first-order valence-corrected chi connectivity index (χ1v) is 5.91. The summed E-state index contributed by atoms with van der Waals surface area (Å²) < 4.78 is 9.87. The molecule has 2 amide bonds. The van der Waals surface area contributed by atoms with Gasteiger partial charge in [0.2, 0.25) is 11.8 Å². The van der Waals surface area contributed by atoms with Gasteiger partial charge in [0.1, 0.15) is 12.1 Å². The Morgan fingerprint density at radius 2 is 2.22 bits per heavy atom. The van der Waals surface area contributed by atoms with E-state index in [1.165, 1.54) is 0 Å². The summed E-state index contributed by atoms with van der Waals surface area (Å²) in [6, 6.07) is -1.05. The van der Waals surface area contributed by atoms with Crippen molar-refractivity contribution in [3.63, 3.8) is 0 Å². The summed E-state index contributed by atoms with van der Waals surface area (Å²) in [5.74, 6) is -1.76. The molecule has 1 fully saturated rings. The number of primary amides is 1. The van der Waals surface area contributed by atoms with Gasteiger partial charge in [0.05, 0.1) is 13.0 Å². The highest BCUT2D eigenvalue weighted by Gasteiger charge is 2.28. The van der Waals surface area contributed by atoms with Crippen molar-refractivity contribution >= 4 is 17.8 Å². The summed E-state index contributed by atoms with van der Waals surface area (Å²) in [5, 5.41) is 2.41. The van der Waals surface area contributed by atoms with Crippen molar-refractivity contribution in [2.75, 3.05) is 13.2 Å². The predicted octanol–water partition coefficient (Wildman–Crippen LogP) is -0.911. The average Bonchev–Trinajstić information content (AvgIpc) is 2.81. The molecule has 1 saturated heterocycles. The van der Waals surface area contributed by atoms with Crippen LogP contribution >= 0.6 is 0 Å². The monoisotopic (exact) mass is 258 g/mol. The second-order valence-electron chi connectivity index (χ2n) is 3.97. The molecule has 0 radical (unpaired) electrons. The van der Waals surface area contributed by atoms with E-state index in [4.69, 9.17) is 15.2 Å². The highest BCUT2D eigenvalue weighted by atomic mass is 16.5. The molecule has 1 aliphatic rings. The van der Waals surface area contributed by atoms with Crippen LogP contribution in [0.15, 0.2) is 0 Å². The quantitative estimate of drug-likeness (QED) is 0.599. The van der Waals surface area contributed by atoms with E-state index in [-0.39, 0.29) is 13.0 Å². The van der Waals surface area contributed by atoms with Gasteiger partial charge in [-0.25, -0.2) is 0 Å². The maximum Gasteiger partial charge on any atom is 0.308 e. The first-order valence-electron chi connectivity index (χ1n) is 5.91. The fraction of sp³-hybridized carbons (Fsp3) is 0.727. The maximum atomic E-state index is 11.7. The van der Waals surface area contributed by atoms with Gasteiger partial charge < -0.3 is 20.5 Å². The molecule has 0 spiro atoms. The van der Waals surface area contributed by atoms with Gasteiger partial charge in [-0.3, -0.25) is 14.4 Å². The van der Waals surface area contributed by atoms with Crippen LogP contribution in [0.1, 0.15) is 26.2 Å². The standard InChI is InChI=1S/C11H18N2O5/c1-2-17-9(14)6-7(10(12)15)13-11(16)8-4-3-5-18-8/h7-8H,2-6H2,1H3,(H2,12,15)(H,13,16)/t7-,8+/m1/s1. The number of rotatable bonds is 6. The molecule has 0 aromatic heterocycles. The van der Waals surface area contributed by atoms with Crippen molar-refractivity contribution in [3.8, 4) is 0 Å². The molecule has 0 unspecified atom stereocenters. The molecule has 7 nitrogen and oxygen atoms in total. The molecule has 3 N–H and O–H groups in total. The summed E-state index contributed by atoms with van der Waals surface area (Å²) in [6.07, 6.45) is 0.587. The molecule has 0 saturated carbocycles. The minimum Gasteiger partial charge on any atom is -0.466 e. The Labute approximate surface area is 105 Å². The zero-order chi connectivity index (χ0) is 13.5. The zero-order valence-electron chi connectivity index (χ0n) is 10.3. The Balaban J connectivity index is 2.49. The number of ether oxygens (including phenoxy) is 2. The Morgan fingerprint density at radius 1 is 1.50 bits per heavy atom. The zero-order valence-corrected chi connectivity index (χ0v) is 10.3. The van der Waals surface area contributed by atoms with Crippen molar-refractivity contribution in [1.29, 1.82) is 0 Å². The summed E-state index contributed by atoms with van der Waals surface area (Å²) in [5.41, 5.74) is 5.13. The molecule has 0 aromatic rings. The number of amides is 2. The van der Waals surface area contributed by atoms with Gasteiger partial charge in [0.25, 0.3) is 0 Å². The molecule has 7 heteroatoms. The van der Waals surface area contributed by atoms with Crippen molar-refractivity contribution in [2.24, 2.45) is 5.73 Å². The molecule has 0 bridgehead atoms. The van der Waals surface area contributed by atoms with E-state index < -0.39 is 29.9 Å². The van der Waals surface area contributed by atoms with Crippen LogP contribution in [0.3, 0.4) is 0 Å². The highest BCUT2D eigenvalue weighted by molar-refractivity contribution is 5.91. The lowest BCUT2D eigenvalue weighted by Crippen LogP contribution is -2.49. The third-order valence-corrected chi connectivity index (χ3v) is 2.56. The van der Waals surface area contributed by atoms with E-state index in [9.17, 15) is 14.4 Å². The minimum absolute atomic E-state index is 0.212. The third-order valence-electron chi connectivity index (χ3n) is 2.56. The number of hydrogen-bond donors (Lipinski definition) is 2. The van der Waals surface area contributed by atoms with Crippen LogP contribution in [-0.2, 0) is 23.9 Å². The lowest BCUT2D eigenvalue weighted by Gasteiger charge is -2.17. The minimum atomic E-state index is -1.05. The van der Waals surface area contributed by atoms with Gasteiger partial charge in [-0.1, -0.05) is 0 Å². The van der Waals surface area contributed by atoms with Crippen LogP contribution in [0.2, 0.25) is 0 Å². The van der Waals surface area contributed by atoms with Crippen molar-refractivity contribution in [2.45, 2.75) is 38.3 Å². The fourth-order valence-corrected chi connectivity index (χ4v) is 1.66. The summed E-state index contributed by atoms with van der Waals surface area (Å²) in [7, 11) is 0. The van der Waals surface area contributed by atoms with Gasteiger partial charge >= 0.3 is 5.97 Å². The van der Waals surface area contributed by atoms with E-state index in [1.54, 1.807) is 6.92 Å². The Kier molecular flexibility index (Phi) is 5.57. The molecule has 0 aliphatic carbocycles. The molecule has 102 valence electrons. The van der Waals surface area contributed by atoms with Crippen LogP contribution in [-0.4, -0.2) is 43.1 Å². The second kappa shape index (κ2) is 6.95. The largest absolute Gasteiger partial charge is 0.466 e. The lowest BCUT2D eigenvalue weighted by molar-refractivity contribution is -0.145. The Morgan fingerprint density at radius 3 is 2.72 bits per heavy atom. The van der Waals surface area contributed by atoms with Gasteiger partial charge in [-0.15, -0.1) is 0 Å². The normalized spacial score (nSPS) is 20.2. The highest BCUT2D eigenvalue weighted by Crippen LogP contribution is 2.12. The summed E-state index contributed by atoms with van der Waals surface area (Å²) in [4.78, 5) is 34.1. The van der Waals surface area contributed by atoms with Crippen LogP contribution in [0, 0.1) is 0 Å². The van der Waals surface area contributed by atoms with E-state index in [2.05, 4.69) is 5.32 Å². The predicted molar refractivity (Wildman–Crippen MR) is 61.3 cm³/mol. The van der Waals surface area contributed by atoms with Gasteiger partial charge in [0, 0.05) is 6.61 Å². The molecular formula is C11H18N2O5. The number of carbonyl (C=O) groups excluding carboxylic acids is 3. The number of esters is 1. The van der Waals surface area contributed by atoms with Crippen LogP contribution in [0.5, 0.6) is 0 Å². The number of nitrogens with one attached hydrogen (secondary N) is 1. The number of hydrogen-bond acceptors (Lipinski definition) is 5. The molecule has 1 aliphatic heterocycles. The SMILES string of the molecule is CCOC(=O)C[C@@H](NC(=O)[C@@H]1CCCO1)C(N)=O. The van der Waals surface area contributed by atoms with Gasteiger partial charge in [-0.2, -0.15) is 0 Å². The topological polar surface area (TPSA) is 108 Å². The van der Waals surface area contributed by atoms with Gasteiger partial charge in [0.15, 0.2) is 0 Å². The molecule has 1 heterocycles. The molecule has 2 atom stereocenters. The van der Waals surface area contributed by atoms with E-state index in [0.29, 0.717) is 13.0 Å². The third kappa shape index (κ3) is 4.33. The molecular weight excluding hydrogens is 240 g/mol. The van der Waals surface area contributed by atoms with Crippen molar-refractivity contribution in [3.05, 3.63) is 0 Å². The van der Waals surface area contributed by atoms with Crippen LogP contribution in [0.4, 0.5) is 0 Å². The van der Waals surface area contributed by atoms with E-state index >= 15 is 0 Å². The Bertz CT molecular complexity index is 325. The van der Waals surface area contributed by atoms with Crippen molar-refractivity contribution in [1.82, 2.24) is 5.32 Å². The van der Waals surface area contributed by atoms with Crippen LogP contribution < -0.4 is 11.1 Å². The molecule has 1 rings (SSSR count). The smallest absolute Gasteiger partial charge is 0.308 e. The summed E-state index contributed by atoms with van der Waals surface area (Å²) >= 11 is 0.